The number of nitrogens with zero attached hydrogens (tertiary/aromatic N) is 3. The zero-order valence-electron chi connectivity index (χ0n) is 28.7. The van der Waals surface area contributed by atoms with Crippen molar-refractivity contribution in [2.24, 2.45) is 0 Å². The quantitative estimate of drug-likeness (QED) is 0.174. The largest absolute Gasteiger partial charge is 0.309 e. The molecule has 0 radical (unpaired) electrons. The third-order valence-electron chi connectivity index (χ3n) is 11.1. The van der Waals surface area contributed by atoms with Crippen molar-refractivity contribution < 1.29 is 0 Å². The van der Waals surface area contributed by atoms with Crippen LogP contribution in [0.1, 0.15) is 18.2 Å². The van der Waals surface area contributed by atoms with Gasteiger partial charge in [-0.2, -0.15) is 0 Å². The van der Waals surface area contributed by atoms with Crippen molar-refractivity contribution in [2.75, 3.05) is 0 Å². The van der Waals surface area contributed by atoms with Crippen molar-refractivity contribution in [2.45, 2.75) is 6.92 Å². The van der Waals surface area contributed by atoms with Crippen molar-refractivity contribution in [3.05, 3.63) is 176 Å². The molecule has 0 unspecified atom stereocenters. The van der Waals surface area contributed by atoms with Crippen LogP contribution >= 0.6 is 0 Å². The topological polar surface area (TPSA) is 14.3 Å². The lowest BCUT2D eigenvalue weighted by Gasteiger charge is -2.12. The molecule has 0 spiro atoms. The molecule has 0 aliphatic rings. The van der Waals surface area contributed by atoms with Crippen LogP contribution in [-0.2, 0) is 0 Å². The fraction of sp³-hybridized carbons (Fsp3) is 0.0204. The highest BCUT2D eigenvalue weighted by Gasteiger charge is 2.21. The van der Waals surface area contributed by atoms with E-state index in [1.54, 1.807) is 0 Å². The van der Waals surface area contributed by atoms with E-state index >= 15 is 0 Å². The first-order chi connectivity index (χ1) is 25.7. The third-order valence-corrected chi connectivity index (χ3v) is 11.1. The summed E-state index contributed by atoms with van der Waals surface area (Å²) in [5.41, 5.74) is 14.3. The minimum absolute atomic E-state index is 1.13. The first-order valence-electron chi connectivity index (χ1n) is 17.9. The van der Waals surface area contributed by atoms with E-state index in [2.05, 4.69) is 191 Å². The molecular weight excluding hydrogens is 631 g/mol. The van der Waals surface area contributed by atoms with Crippen LogP contribution in [0.5, 0.6) is 0 Å². The van der Waals surface area contributed by atoms with Crippen molar-refractivity contribution in [3.8, 4) is 22.5 Å². The molecule has 3 nitrogen and oxygen atoms in total. The van der Waals surface area contributed by atoms with Gasteiger partial charge >= 0.3 is 0 Å². The lowest BCUT2D eigenvalue weighted by Crippen LogP contribution is -1.97. The Kier molecular flexibility index (Phi) is 6.03. The second kappa shape index (κ2) is 10.8. The highest BCUT2D eigenvalue weighted by Crippen LogP contribution is 2.42. The van der Waals surface area contributed by atoms with E-state index in [1.165, 1.54) is 76.4 Å². The van der Waals surface area contributed by atoms with Crippen LogP contribution in [0.15, 0.2) is 164 Å². The average molecular weight is 664 g/mol. The Hall–Kier alpha value is -6.84. The maximum atomic E-state index is 4.28. The Labute approximate surface area is 300 Å². The second-order valence-corrected chi connectivity index (χ2v) is 13.7. The summed E-state index contributed by atoms with van der Waals surface area (Å²) >= 11 is 0. The SMILES string of the molecule is C=Cc1c(/C=C\C)n(-c2ccc3c(c2)c2cccc4c5ccccc5n3c42)c2cc(-c3ccc4c5ccccc5n(-c5ccccc5)c4c3)ccc12. The fourth-order valence-electron chi connectivity index (χ4n) is 8.89. The summed E-state index contributed by atoms with van der Waals surface area (Å²) in [4.78, 5) is 0. The normalized spacial score (nSPS) is 12.3. The first-order valence-corrected chi connectivity index (χ1v) is 17.9. The van der Waals surface area contributed by atoms with E-state index in [0.29, 0.717) is 0 Å². The van der Waals surface area contributed by atoms with Crippen LogP contribution in [0.25, 0.3) is 105 Å². The molecule has 7 aromatic carbocycles. The highest BCUT2D eigenvalue weighted by atomic mass is 15.0. The molecule has 52 heavy (non-hydrogen) atoms. The Morgan fingerprint density at radius 3 is 1.79 bits per heavy atom. The van der Waals surface area contributed by atoms with Crippen LogP contribution in [-0.4, -0.2) is 13.5 Å². The molecule has 0 amide bonds. The number of rotatable bonds is 5. The highest BCUT2D eigenvalue weighted by molar-refractivity contribution is 6.23. The Bertz CT molecular complexity index is 3260. The zero-order valence-corrected chi connectivity index (χ0v) is 28.7. The van der Waals surface area contributed by atoms with Crippen LogP contribution in [0.3, 0.4) is 0 Å². The number of fused-ring (bicyclic) bond motifs is 10. The van der Waals surface area contributed by atoms with Gasteiger partial charge in [-0.15, -0.1) is 0 Å². The predicted molar refractivity (Wildman–Crippen MR) is 223 cm³/mol. The average Bonchev–Trinajstić information content (AvgIpc) is 3.91. The molecule has 244 valence electrons. The first kappa shape index (κ1) is 28.9. The number of hydrogen-bond donors (Lipinski definition) is 0. The van der Waals surface area contributed by atoms with Crippen LogP contribution in [0, 0.1) is 0 Å². The van der Waals surface area contributed by atoms with Gasteiger partial charge in [0.05, 0.1) is 38.8 Å². The molecule has 0 aliphatic carbocycles. The molecule has 4 heterocycles. The maximum Gasteiger partial charge on any atom is 0.0620 e. The molecule has 11 aromatic rings. The van der Waals surface area contributed by atoms with E-state index in [0.717, 1.165) is 28.1 Å². The molecule has 0 bridgehead atoms. The lowest BCUT2D eigenvalue weighted by atomic mass is 10.0. The third kappa shape index (κ3) is 3.85. The van der Waals surface area contributed by atoms with Crippen LogP contribution in [0.2, 0.25) is 0 Å². The van der Waals surface area contributed by atoms with Crippen LogP contribution in [0.4, 0.5) is 0 Å². The van der Waals surface area contributed by atoms with Gasteiger partial charge in [0.15, 0.2) is 0 Å². The number of allylic oxidation sites excluding steroid dienone is 1. The van der Waals surface area contributed by atoms with Crippen LogP contribution < -0.4 is 0 Å². The zero-order chi connectivity index (χ0) is 34.5. The van der Waals surface area contributed by atoms with Gasteiger partial charge in [-0.1, -0.05) is 116 Å². The van der Waals surface area contributed by atoms with Gasteiger partial charge in [0, 0.05) is 54.6 Å². The van der Waals surface area contributed by atoms with Crippen molar-refractivity contribution in [3.63, 3.8) is 0 Å². The van der Waals surface area contributed by atoms with E-state index in [9.17, 15) is 0 Å². The maximum absolute atomic E-state index is 4.28. The van der Waals surface area contributed by atoms with Crippen molar-refractivity contribution >= 4 is 83.0 Å². The number of hydrogen-bond acceptors (Lipinski definition) is 0. The number of aromatic nitrogens is 3. The summed E-state index contributed by atoms with van der Waals surface area (Å²) in [5.74, 6) is 0. The van der Waals surface area contributed by atoms with Gasteiger partial charge in [-0.3, -0.25) is 0 Å². The predicted octanol–water partition coefficient (Wildman–Crippen LogP) is 13.2. The van der Waals surface area contributed by atoms with Gasteiger partial charge in [-0.25, -0.2) is 0 Å². The lowest BCUT2D eigenvalue weighted by molar-refractivity contribution is 1.11. The summed E-state index contributed by atoms with van der Waals surface area (Å²) in [6, 6.07) is 55.6. The summed E-state index contributed by atoms with van der Waals surface area (Å²) in [6.45, 7) is 6.37. The summed E-state index contributed by atoms with van der Waals surface area (Å²) < 4.78 is 7.25. The van der Waals surface area contributed by atoms with Crippen molar-refractivity contribution in [1.82, 2.24) is 13.5 Å². The Balaban J connectivity index is 1.16. The minimum Gasteiger partial charge on any atom is -0.309 e. The molecule has 0 saturated carbocycles. The van der Waals surface area contributed by atoms with Gasteiger partial charge in [0.1, 0.15) is 0 Å². The summed E-state index contributed by atoms with van der Waals surface area (Å²) in [5, 5.41) is 8.83. The van der Waals surface area contributed by atoms with Gasteiger partial charge < -0.3 is 13.5 Å². The smallest absolute Gasteiger partial charge is 0.0620 e. The molecule has 0 aliphatic heterocycles. The van der Waals surface area contributed by atoms with Gasteiger partial charge in [0.25, 0.3) is 0 Å². The monoisotopic (exact) mass is 663 g/mol. The van der Waals surface area contributed by atoms with E-state index in [-0.39, 0.29) is 0 Å². The molecule has 3 heteroatoms. The Morgan fingerprint density at radius 2 is 1.04 bits per heavy atom. The van der Waals surface area contributed by atoms with Gasteiger partial charge in [0.2, 0.25) is 0 Å². The van der Waals surface area contributed by atoms with E-state index < -0.39 is 0 Å². The summed E-state index contributed by atoms with van der Waals surface area (Å²) in [6.07, 6.45) is 6.34. The number of benzene rings is 7. The second-order valence-electron chi connectivity index (χ2n) is 13.7. The van der Waals surface area contributed by atoms with Crippen molar-refractivity contribution in [1.29, 1.82) is 0 Å². The fourth-order valence-corrected chi connectivity index (χ4v) is 8.89. The summed E-state index contributed by atoms with van der Waals surface area (Å²) in [7, 11) is 0. The van der Waals surface area contributed by atoms with E-state index in [1.807, 2.05) is 6.08 Å². The van der Waals surface area contributed by atoms with Gasteiger partial charge in [-0.05, 0) is 78.7 Å². The molecule has 11 rings (SSSR count). The van der Waals surface area contributed by atoms with E-state index in [4.69, 9.17) is 0 Å². The molecule has 0 saturated heterocycles. The molecule has 0 N–H and O–H groups in total. The molecule has 0 fully saturated rings. The Morgan fingerprint density at radius 1 is 0.442 bits per heavy atom. The standard InChI is InChI=1S/C49H33N3/c1-3-13-43-35(4-2)38-25-22-31(32-23-26-39-36-16-8-10-20-44(36)50(48(39)29-32)33-14-6-5-7-15-33)28-47(38)51(43)34-24-27-46-42(30-34)41-19-12-18-40-37-17-9-11-21-45(37)52(46)49(40)41/h3-30H,2H2,1H3/b13-3-. The molecule has 0 atom stereocenters. The molecular formula is C49H33N3. The minimum atomic E-state index is 1.13. The molecule has 4 aromatic heterocycles. The number of para-hydroxylation sites is 4.